The lowest BCUT2D eigenvalue weighted by Gasteiger charge is -2.20. The fourth-order valence-corrected chi connectivity index (χ4v) is 1.35. The lowest BCUT2D eigenvalue weighted by Crippen LogP contribution is -2.41. The van der Waals surface area contributed by atoms with Crippen molar-refractivity contribution in [3.05, 3.63) is 11.8 Å². The van der Waals surface area contributed by atoms with Crippen molar-refractivity contribution < 1.29 is 14.3 Å². The molecule has 0 spiro atoms. The van der Waals surface area contributed by atoms with Crippen LogP contribution in [0.3, 0.4) is 0 Å². The van der Waals surface area contributed by atoms with Gasteiger partial charge in [0.1, 0.15) is 11.6 Å². The van der Waals surface area contributed by atoms with E-state index in [1.807, 2.05) is 40.7 Å². The van der Waals surface area contributed by atoms with Gasteiger partial charge in [-0.25, -0.2) is 0 Å². The van der Waals surface area contributed by atoms with Crippen molar-refractivity contribution in [3.63, 3.8) is 0 Å². The summed E-state index contributed by atoms with van der Waals surface area (Å²) in [5.41, 5.74) is -0.363. The van der Waals surface area contributed by atoms with Crippen LogP contribution < -0.4 is 10.6 Å². The number of carbonyl (C=O) groups excluding carboxylic acids is 1. The second-order valence-corrected chi connectivity index (χ2v) is 5.12. The van der Waals surface area contributed by atoms with Crippen LogP contribution in [-0.4, -0.2) is 37.5 Å². The first-order chi connectivity index (χ1) is 9.34. The van der Waals surface area contributed by atoms with E-state index in [9.17, 15) is 4.79 Å². The summed E-state index contributed by atoms with van der Waals surface area (Å²) < 4.78 is 10.7. The van der Waals surface area contributed by atoms with Gasteiger partial charge in [-0.05, 0) is 34.6 Å². The molecular formula is C14H25N3O3. The molecule has 114 valence electrons. The molecule has 0 aliphatic heterocycles. The number of hydrogen-bond acceptors (Lipinski definition) is 5. The van der Waals surface area contributed by atoms with E-state index in [1.54, 1.807) is 0 Å². The highest BCUT2D eigenvalue weighted by atomic mass is 16.7. The quantitative estimate of drug-likeness (QED) is 0.398. The van der Waals surface area contributed by atoms with E-state index < -0.39 is 12.2 Å². The fourth-order valence-electron chi connectivity index (χ4n) is 1.35. The third-order valence-corrected chi connectivity index (χ3v) is 2.09. The largest absolute Gasteiger partial charge is 0.385 e. The van der Waals surface area contributed by atoms with Crippen LogP contribution in [0.2, 0.25) is 0 Å². The van der Waals surface area contributed by atoms with Gasteiger partial charge in [0.15, 0.2) is 6.29 Å². The van der Waals surface area contributed by atoms with Crippen LogP contribution in [0.5, 0.6) is 0 Å². The Bertz CT molecular complexity index is 361. The van der Waals surface area contributed by atoms with Gasteiger partial charge in [0.25, 0.3) is 5.91 Å². The zero-order valence-corrected chi connectivity index (χ0v) is 12.9. The van der Waals surface area contributed by atoms with Gasteiger partial charge in [0.05, 0.1) is 6.54 Å². The number of nitrogens with one attached hydrogen (secondary N) is 2. The maximum absolute atomic E-state index is 11.8. The molecule has 2 N–H and O–H groups in total. The summed E-state index contributed by atoms with van der Waals surface area (Å²) in [4.78, 5) is 11.8. The second kappa shape index (κ2) is 9.34. The standard InChI is InChI=1S/C14H25N3O3/c1-6-19-12(20-7-2)10-16-9-11(8-15)13(18)17-14(3,4)5/h9,12,16H,6-7,10H2,1-5H3,(H,17,18)/b11-9-. The number of nitriles is 1. The minimum absolute atomic E-state index is 0.0201. The molecule has 6 nitrogen and oxygen atoms in total. The Morgan fingerprint density at radius 2 is 1.85 bits per heavy atom. The molecule has 0 bridgehead atoms. The molecule has 0 atom stereocenters. The summed E-state index contributed by atoms with van der Waals surface area (Å²) in [7, 11) is 0. The molecular weight excluding hydrogens is 258 g/mol. The van der Waals surface area contributed by atoms with Crippen molar-refractivity contribution in [2.24, 2.45) is 0 Å². The van der Waals surface area contributed by atoms with E-state index in [2.05, 4.69) is 10.6 Å². The van der Waals surface area contributed by atoms with E-state index in [0.717, 1.165) is 0 Å². The predicted molar refractivity (Wildman–Crippen MR) is 76.6 cm³/mol. The van der Waals surface area contributed by atoms with E-state index in [4.69, 9.17) is 14.7 Å². The van der Waals surface area contributed by atoms with Crippen molar-refractivity contribution >= 4 is 5.91 Å². The van der Waals surface area contributed by atoms with Crippen LogP contribution in [0.1, 0.15) is 34.6 Å². The zero-order chi connectivity index (χ0) is 15.6. The molecule has 0 aromatic rings. The normalized spacial score (nSPS) is 12.2. The molecule has 0 aliphatic rings. The summed E-state index contributed by atoms with van der Waals surface area (Å²) in [6.45, 7) is 10.8. The van der Waals surface area contributed by atoms with Gasteiger partial charge < -0.3 is 20.1 Å². The molecule has 6 heteroatoms. The van der Waals surface area contributed by atoms with Gasteiger partial charge in [-0.1, -0.05) is 0 Å². The number of carbonyl (C=O) groups is 1. The van der Waals surface area contributed by atoms with Crippen LogP contribution in [0, 0.1) is 11.3 Å². The van der Waals surface area contributed by atoms with Gasteiger partial charge in [0, 0.05) is 25.0 Å². The number of hydrogen-bond donors (Lipinski definition) is 2. The Balaban J connectivity index is 4.45. The number of nitrogens with zero attached hydrogens (tertiary/aromatic N) is 1. The van der Waals surface area contributed by atoms with Crippen molar-refractivity contribution in [2.45, 2.75) is 46.4 Å². The summed E-state index contributed by atoms with van der Waals surface area (Å²) in [5.74, 6) is -0.406. The first-order valence-corrected chi connectivity index (χ1v) is 6.73. The maximum Gasteiger partial charge on any atom is 0.263 e. The number of amides is 1. The van der Waals surface area contributed by atoms with Gasteiger partial charge in [-0.15, -0.1) is 0 Å². The summed E-state index contributed by atoms with van der Waals surface area (Å²) in [5, 5.41) is 14.6. The Morgan fingerprint density at radius 3 is 2.25 bits per heavy atom. The number of rotatable bonds is 8. The van der Waals surface area contributed by atoms with Gasteiger partial charge in [0.2, 0.25) is 0 Å². The van der Waals surface area contributed by atoms with Crippen LogP contribution >= 0.6 is 0 Å². The van der Waals surface area contributed by atoms with Crippen LogP contribution in [0.15, 0.2) is 11.8 Å². The molecule has 0 rings (SSSR count). The molecule has 0 radical (unpaired) electrons. The molecule has 0 saturated heterocycles. The maximum atomic E-state index is 11.8. The minimum atomic E-state index is -0.406. The Kier molecular flexibility index (Phi) is 8.61. The van der Waals surface area contributed by atoms with Crippen LogP contribution in [0.4, 0.5) is 0 Å². The molecule has 0 saturated carbocycles. The Hall–Kier alpha value is -1.58. The average Bonchev–Trinajstić information content (AvgIpc) is 2.32. The highest BCUT2D eigenvalue weighted by molar-refractivity contribution is 5.97. The highest BCUT2D eigenvalue weighted by Gasteiger charge is 2.17. The van der Waals surface area contributed by atoms with Crippen molar-refractivity contribution in [3.8, 4) is 6.07 Å². The van der Waals surface area contributed by atoms with E-state index in [-0.39, 0.29) is 11.1 Å². The summed E-state index contributed by atoms with van der Waals surface area (Å²) >= 11 is 0. The highest BCUT2D eigenvalue weighted by Crippen LogP contribution is 2.02. The number of ether oxygens (including phenoxy) is 2. The summed E-state index contributed by atoms with van der Waals surface area (Å²) in [6.07, 6.45) is 0.985. The first-order valence-electron chi connectivity index (χ1n) is 6.73. The third kappa shape index (κ3) is 8.51. The lowest BCUT2D eigenvalue weighted by atomic mass is 10.1. The van der Waals surface area contributed by atoms with Crippen molar-refractivity contribution in [2.75, 3.05) is 19.8 Å². The predicted octanol–water partition coefficient (Wildman–Crippen LogP) is 1.30. The molecule has 0 fully saturated rings. The molecule has 0 aliphatic carbocycles. The Morgan fingerprint density at radius 1 is 1.30 bits per heavy atom. The lowest BCUT2D eigenvalue weighted by molar-refractivity contribution is -0.131. The second-order valence-electron chi connectivity index (χ2n) is 5.12. The fraction of sp³-hybridized carbons (Fsp3) is 0.714. The monoisotopic (exact) mass is 283 g/mol. The molecule has 0 aromatic heterocycles. The molecule has 0 heterocycles. The molecule has 20 heavy (non-hydrogen) atoms. The minimum Gasteiger partial charge on any atom is -0.385 e. The van der Waals surface area contributed by atoms with Crippen molar-refractivity contribution in [1.29, 1.82) is 5.26 Å². The van der Waals surface area contributed by atoms with E-state index >= 15 is 0 Å². The SMILES string of the molecule is CCOC(CN/C=C(/C#N)C(=O)NC(C)(C)C)OCC. The average molecular weight is 283 g/mol. The van der Waals surface area contributed by atoms with Gasteiger partial charge in [-0.2, -0.15) is 5.26 Å². The topological polar surface area (TPSA) is 83.4 Å². The van der Waals surface area contributed by atoms with E-state index in [1.165, 1.54) is 6.20 Å². The third-order valence-electron chi connectivity index (χ3n) is 2.09. The summed E-state index contributed by atoms with van der Waals surface area (Å²) in [6, 6.07) is 1.87. The molecule has 0 unspecified atom stereocenters. The van der Waals surface area contributed by atoms with E-state index in [0.29, 0.717) is 19.8 Å². The molecule has 0 aromatic carbocycles. The van der Waals surface area contributed by atoms with Gasteiger partial charge in [-0.3, -0.25) is 4.79 Å². The van der Waals surface area contributed by atoms with Gasteiger partial charge >= 0.3 is 0 Å². The van der Waals surface area contributed by atoms with Crippen LogP contribution in [0.25, 0.3) is 0 Å². The zero-order valence-electron chi connectivity index (χ0n) is 12.9. The van der Waals surface area contributed by atoms with Crippen LogP contribution in [-0.2, 0) is 14.3 Å². The Labute approximate surface area is 121 Å². The smallest absolute Gasteiger partial charge is 0.263 e. The first kappa shape index (κ1) is 18.4. The van der Waals surface area contributed by atoms with Crippen molar-refractivity contribution in [1.82, 2.24) is 10.6 Å². The molecule has 1 amide bonds.